The van der Waals surface area contributed by atoms with E-state index in [1.165, 1.54) is 0 Å². The van der Waals surface area contributed by atoms with Gasteiger partial charge < -0.3 is 9.64 Å². The summed E-state index contributed by atoms with van der Waals surface area (Å²) < 4.78 is 80.7. The van der Waals surface area contributed by atoms with Gasteiger partial charge in [-0.25, -0.2) is 0 Å². The third-order valence-electron chi connectivity index (χ3n) is 8.73. The van der Waals surface area contributed by atoms with Crippen molar-refractivity contribution in [3.63, 3.8) is 0 Å². The van der Waals surface area contributed by atoms with Crippen molar-refractivity contribution in [1.29, 1.82) is 0 Å². The van der Waals surface area contributed by atoms with E-state index in [1.54, 1.807) is 39.8 Å². The molecule has 5 aromatic rings. The Labute approximate surface area is 270 Å². The summed E-state index contributed by atoms with van der Waals surface area (Å²) in [7, 11) is 0. The van der Waals surface area contributed by atoms with Crippen LogP contribution in [0, 0.1) is 13.8 Å². The number of benzene rings is 5. The molecule has 43 heavy (non-hydrogen) atoms. The van der Waals surface area contributed by atoms with Gasteiger partial charge >= 0.3 is 0 Å². The van der Waals surface area contributed by atoms with E-state index in [1.807, 2.05) is 85.8 Å². The maximum absolute atomic E-state index is 8.39. The Hall–Kier alpha value is -4.24. The molecule has 0 saturated heterocycles. The molecule has 0 radical (unpaired) electrons. The highest BCUT2D eigenvalue weighted by Gasteiger charge is 2.42. The molecule has 0 spiro atoms. The van der Waals surface area contributed by atoms with Crippen molar-refractivity contribution in [1.82, 2.24) is 0 Å². The molecule has 2 aliphatic heterocycles. The van der Waals surface area contributed by atoms with Crippen LogP contribution in [0.25, 0.3) is 11.1 Å². The maximum Gasteiger partial charge on any atom is 0.256 e. The van der Waals surface area contributed by atoms with Gasteiger partial charge in [-0.3, -0.25) is 0 Å². The lowest BCUT2D eigenvalue weighted by Crippen LogP contribution is -2.59. The molecule has 2 aliphatic rings. The number of anilines is 3. The highest BCUT2D eigenvalue weighted by atomic mass is 16.5. The third-order valence-corrected chi connectivity index (χ3v) is 8.73. The lowest BCUT2D eigenvalue weighted by atomic mass is 9.34. The molecule has 214 valence electrons. The quantitative estimate of drug-likeness (QED) is 0.192. The molecule has 0 N–H and O–H groups in total. The Morgan fingerprint density at radius 3 is 2.21 bits per heavy atom. The molecule has 2 heterocycles. The molecule has 0 amide bonds. The van der Waals surface area contributed by atoms with Crippen LogP contribution in [0.2, 0.25) is 0 Å². The van der Waals surface area contributed by atoms with Crippen LogP contribution >= 0.6 is 0 Å². The number of nitrogens with zero attached hydrogens (tertiary/aromatic N) is 1. The summed E-state index contributed by atoms with van der Waals surface area (Å²) in [4.78, 5) is 2.14. The van der Waals surface area contributed by atoms with E-state index in [2.05, 4.69) is 11.0 Å². The number of aryl methyl sites for hydroxylation is 2. The van der Waals surface area contributed by atoms with Gasteiger partial charge in [-0.05, 0) is 111 Å². The Bertz CT molecular complexity index is 2220. The molecular weight excluding hydrogens is 521 g/mol. The topological polar surface area (TPSA) is 12.5 Å². The van der Waals surface area contributed by atoms with Gasteiger partial charge in [0.05, 0.1) is 0 Å². The maximum atomic E-state index is 8.39. The predicted octanol–water partition coefficient (Wildman–Crippen LogP) is 8.97. The Kier molecular flexibility index (Phi) is 4.29. The largest absolute Gasteiger partial charge is 0.458 e. The zero-order valence-corrected chi connectivity index (χ0v) is 25.2. The van der Waals surface area contributed by atoms with Gasteiger partial charge in [0.1, 0.15) is 11.5 Å². The van der Waals surface area contributed by atoms with Crippen LogP contribution in [-0.4, -0.2) is 6.71 Å². The number of hydrogen-bond acceptors (Lipinski definition) is 2. The average Bonchev–Trinajstić information content (AvgIpc) is 3.06. The zero-order chi connectivity index (χ0) is 37.8. The van der Waals surface area contributed by atoms with Crippen molar-refractivity contribution in [3.8, 4) is 22.6 Å². The summed E-state index contributed by atoms with van der Waals surface area (Å²) in [5.74, 6) is 1.26. The molecule has 2 nitrogen and oxygen atoms in total. The van der Waals surface area contributed by atoms with Crippen LogP contribution in [0.3, 0.4) is 0 Å². The first-order valence-corrected chi connectivity index (χ1v) is 14.7. The van der Waals surface area contributed by atoms with Crippen molar-refractivity contribution < 1.29 is 17.1 Å². The van der Waals surface area contributed by atoms with Gasteiger partial charge in [0.25, 0.3) is 6.71 Å². The van der Waals surface area contributed by atoms with E-state index >= 15 is 0 Å². The molecule has 5 aromatic carbocycles. The van der Waals surface area contributed by atoms with E-state index in [9.17, 15) is 0 Å². The second-order valence-corrected chi connectivity index (χ2v) is 12.9. The highest BCUT2D eigenvalue weighted by Crippen LogP contribution is 2.43. The third kappa shape index (κ3) is 4.57. The lowest BCUT2D eigenvalue weighted by Gasteiger charge is -2.41. The molecule has 0 unspecified atom stereocenters. The highest BCUT2D eigenvalue weighted by molar-refractivity contribution is 6.99. The molecular formula is C40H40BNO. The molecule has 0 aromatic heterocycles. The first-order valence-electron chi connectivity index (χ1n) is 19.2. The fraction of sp³-hybridized carbons (Fsp3) is 0.250. The minimum Gasteiger partial charge on any atom is -0.458 e. The van der Waals surface area contributed by atoms with Crippen LogP contribution in [0.5, 0.6) is 11.5 Å². The Balaban J connectivity index is 1.46. The van der Waals surface area contributed by atoms with E-state index < -0.39 is 31.4 Å². The zero-order valence-electron chi connectivity index (χ0n) is 34.2. The molecule has 0 atom stereocenters. The summed E-state index contributed by atoms with van der Waals surface area (Å²) in [5.41, 5.74) is 7.01. The first kappa shape index (κ1) is 19.1. The van der Waals surface area contributed by atoms with Gasteiger partial charge in [-0.2, -0.15) is 0 Å². The van der Waals surface area contributed by atoms with Gasteiger partial charge in [0, 0.05) is 29.4 Å². The van der Waals surface area contributed by atoms with Crippen LogP contribution in [-0.2, 0) is 10.8 Å². The minimum absolute atomic E-state index is 0.257. The number of ether oxygens (including phenoxy) is 1. The van der Waals surface area contributed by atoms with Crippen LogP contribution in [0.15, 0.2) is 97.1 Å². The summed E-state index contributed by atoms with van der Waals surface area (Å²) >= 11 is 0. The lowest BCUT2D eigenvalue weighted by molar-refractivity contribution is 0.487. The fourth-order valence-electron chi connectivity index (χ4n) is 6.48. The van der Waals surface area contributed by atoms with E-state index in [0.29, 0.717) is 28.2 Å². The molecule has 0 bridgehead atoms. The smallest absolute Gasteiger partial charge is 0.256 e. The van der Waals surface area contributed by atoms with E-state index in [0.717, 1.165) is 44.6 Å². The number of rotatable bonds is 2. The van der Waals surface area contributed by atoms with Gasteiger partial charge in [-0.15, -0.1) is 0 Å². The normalized spacial score (nSPS) is 17.7. The second kappa shape index (κ2) is 9.64. The number of hydrogen-bond donors (Lipinski definition) is 0. The second-order valence-electron chi connectivity index (χ2n) is 12.9. The summed E-state index contributed by atoms with van der Waals surface area (Å²) in [6.07, 6.45) is 0. The SMILES string of the molecule is [2H]C([2H])([2H])c1ccccc1-c1ccc2c(c1)Oc1cc(C)cc3c1B2c1cc(C(C)(C)C([2H])([2H])[2H])ccc1N3c1ccc(C(C)(C)C([2H])([2H])[2H])cc1. The molecule has 0 saturated carbocycles. The van der Waals surface area contributed by atoms with Crippen LogP contribution < -0.4 is 26.0 Å². The van der Waals surface area contributed by atoms with Crippen molar-refractivity contribution >= 4 is 40.2 Å². The standard InChI is InChI=1S/C40H40BNO/c1-25-21-35-38-37(22-25)43-36-23-27(31-12-10-9-11-26(31)2)13-19-32(36)41(38)33-24-29(40(6,7)8)16-20-34(33)42(35)30-17-14-28(15-18-30)39(3,4)5/h9-24H,1-8H3/i2D3,3D3,6D3. The average molecular weight is 571 g/mol. The van der Waals surface area contributed by atoms with Crippen molar-refractivity contribution in [2.45, 2.75) is 66.0 Å². The van der Waals surface area contributed by atoms with E-state index in [4.69, 9.17) is 17.1 Å². The first-order chi connectivity index (χ1) is 24.1. The van der Waals surface area contributed by atoms with Gasteiger partial charge in [-0.1, -0.05) is 102 Å². The summed E-state index contributed by atoms with van der Waals surface area (Å²) in [6, 6.07) is 30.4. The number of fused-ring (bicyclic) bond motifs is 4. The minimum atomic E-state index is -2.30. The Morgan fingerprint density at radius 1 is 0.698 bits per heavy atom. The van der Waals surface area contributed by atoms with Crippen molar-refractivity contribution in [2.24, 2.45) is 0 Å². The van der Waals surface area contributed by atoms with Crippen LogP contribution in [0.4, 0.5) is 17.1 Å². The van der Waals surface area contributed by atoms with Gasteiger partial charge in [0.2, 0.25) is 0 Å². The van der Waals surface area contributed by atoms with Crippen molar-refractivity contribution in [3.05, 3.63) is 119 Å². The van der Waals surface area contributed by atoms with Crippen LogP contribution in [0.1, 0.15) is 76.0 Å². The molecule has 0 aliphatic carbocycles. The van der Waals surface area contributed by atoms with Crippen molar-refractivity contribution in [2.75, 3.05) is 4.90 Å². The fourth-order valence-corrected chi connectivity index (χ4v) is 6.48. The summed E-state index contributed by atoms with van der Waals surface area (Å²) in [6.45, 7) is 1.85. The molecule has 0 fully saturated rings. The van der Waals surface area contributed by atoms with E-state index in [-0.39, 0.29) is 12.3 Å². The van der Waals surface area contributed by atoms with Gasteiger partial charge in [0.15, 0.2) is 0 Å². The molecule has 3 heteroatoms. The molecule has 7 rings (SSSR count). The Morgan fingerprint density at radius 2 is 1.44 bits per heavy atom. The monoisotopic (exact) mass is 570 g/mol. The predicted molar refractivity (Wildman–Crippen MR) is 185 cm³/mol. The summed E-state index contributed by atoms with van der Waals surface area (Å²) in [5, 5.41) is 0.